The van der Waals surface area contributed by atoms with Gasteiger partial charge < -0.3 is 23.3 Å². The summed E-state index contributed by atoms with van der Waals surface area (Å²) in [7, 11) is -3.21. The molecule has 4 heterocycles. The van der Waals surface area contributed by atoms with Gasteiger partial charge in [0.05, 0.1) is 43.9 Å². The van der Waals surface area contributed by atoms with E-state index in [1.807, 2.05) is 12.2 Å². The van der Waals surface area contributed by atoms with E-state index in [0.29, 0.717) is 13.0 Å². The number of ether oxygens (including phenoxy) is 3. The zero-order chi connectivity index (χ0) is 22.1. The van der Waals surface area contributed by atoms with Crippen LogP contribution in [0.3, 0.4) is 0 Å². The molecule has 0 N–H and O–H groups in total. The predicted octanol–water partition coefficient (Wildman–Crippen LogP) is 2.49. The predicted molar refractivity (Wildman–Crippen MR) is 110 cm³/mol. The Morgan fingerprint density at radius 3 is 2.65 bits per heavy atom. The molecule has 0 aromatic rings. The average molecular weight is 457 g/mol. The fraction of sp³-hybridized carbons (Fsp3) is 0.810. The molecule has 3 fully saturated rings. The van der Waals surface area contributed by atoms with Crippen LogP contribution in [0, 0.1) is 11.8 Å². The zero-order valence-corrected chi connectivity index (χ0v) is 19.1. The standard InChI is InChI=1S/C21H32NO8P/c1-3-28-31(25,29-4-2)13-7-11-22-19(23)17-15-9-10-21(30-15,18(17)20(22)24)14-27-16-8-5-6-12-26-16/h9-10,15-18H,3-8,11-14H2,1-2H3. The molecule has 4 rings (SSSR count). The van der Waals surface area contributed by atoms with E-state index in [2.05, 4.69) is 0 Å². The number of carbonyl (C=O) groups excluding carboxylic acids is 2. The largest absolute Gasteiger partial charge is 0.359 e. The van der Waals surface area contributed by atoms with E-state index in [0.717, 1.165) is 19.3 Å². The fourth-order valence-corrected chi connectivity index (χ4v) is 6.64. The lowest BCUT2D eigenvalue weighted by Gasteiger charge is -2.31. The van der Waals surface area contributed by atoms with Gasteiger partial charge in [-0.05, 0) is 39.5 Å². The fourth-order valence-electron chi connectivity index (χ4n) is 5.00. The van der Waals surface area contributed by atoms with Gasteiger partial charge in [0.1, 0.15) is 5.60 Å². The van der Waals surface area contributed by atoms with Gasteiger partial charge in [-0.3, -0.25) is 19.1 Å². The normalized spacial score (nSPS) is 34.7. The molecule has 3 saturated heterocycles. The minimum atomic E-state index is -3.21. The van der Waals surface area contributed by atoms with E-state index in [1.165, 1.54) is 4.90 Å². The molecule has 4 aliphatic rings. The second kappa shape index (κ2) is 9.41. The maximum Gasteiger partial charge on any atom is 0.330 e. The second-order valence-corrected chi connectivity index (χ2v) is 10.5. The van der Waals surface area contributed by atoms with Crippen LogP contribution in [0.25, 0.3) is 0 Å². The highest BCUT2D eigenvalue weighted by Crippen LogP contribution is 2.52. The van der Waals surface area contributed by atoms with E-state index in [9.17, 15) is 14.2 Å². The number of hydrogen-bond donors (Lipinski definition) is 0. The number of rotatable bonds is 11. The molecule has 9 nitrogen and oxygen atoms in total. The Labute approximate surface area is 182 Å². The first-order valence-electron chi connectivity index (χ1n) is 11.3. The van der Waals surface area contributed by atoms with Crippen LogP contribution in [0.4, 0.5) is 0 Å². The number of hydrogen-bond acceptors (Lipinski definition) is 8. The molecule has 31 heavy (non-hydrogen) atoms. The summed E-state index contributed by atoms with van der Waals surface area (Å²) < 4.78 is 40.9. The Morgan fingerprint density at radius 1 is 1.19 bits per heavy atom. The van der Waals surface area contributed by atoms with Crippen LogP contribution in [0.15, 0.2) is 12.2 Å². The molecule has 0 saturated carbocycles. The Hall–Kier alpha value is -1.09. The Balaban J connectivity index is 1.39. The Kier molecular flexibility index (Phi) is 7.01. The minimum absolute atomic E-state index is 0.159. The van der Waals surface area contributed by atoms with E-state index < -0.39 is 31.1 Å². The smallest absolute Gasteiger partial charge is 0.330 e. The second-order valence-electron chi connectivity index (χ2n) is 8.36. The van der Waals surface area contributed by atoms with Crippen molar-refractivity contribution in [3.05, 3.63) is 12.2 Å². The summed E-state index contributed by atoms with van der Waals surface area (Å²) in [6.07, 6.45) is 6.41. The first-order valence-corrected chi connectivity index (χ1v) is 13.0. The van der Waals surface area contributed by atoms with Crippen LogP contribution < -0.4 is 0 Å². The van der Waals surface area contributed by atoms with E-state index in [4.69, 9.17) is 23.3 Å². The highest BCUT2D eigenvalue weighted by atomic mass is 31.2. The molecule has 0 spiro atoms. The van der Waals surface area contributed by atoms with Crippen LogP contribution in [0.2, 0.25) is 0 Å². The number of likely N-dealkylation sites (tertiary alicyclic amines) is 1. The summed E-state index contributed by atoms with van der Waals surface area (Å²) in [5.41, 5.74) is -0.927. The van der Waals surface area contributed by atoms with Gasteiger partial charge >= 0.3 is 7.60 Å². The quantitative estimate of drug-likeness (QED) is 0.265. The van der Waals surface area contributed by atoms with Crippen molar-refractivity contribution in [3.8, 4) is 0 Å². The van der Waals surface area contributed by atoms with Crippen molar-refractivity contribution in [2.45, 2.75) is 57.5 Å². The van der Waals surface area contributed by atoms with Gasteiger partial charge in [-0.1, -0.05) is 12.2 Å². The molecule has 0 aromatic carbocycles. The molecule has 5 atom stereocenters. The lowest BCUT2D eigenvalue weighted by atomic mass is 9.77. The minimum Gasteiger partial charge on any atom is -0.359 e. The third-order valence-electron chi connectivity index (χ3n) is 6.34. The molecular weight excluding hydrogens is 425 g/mol. The van der Waals surface area contributed by atoms with Crippen molar-refractivity contribution < 1.29 is 37.4 Å². The average Bonchev–Trinajstić information content (AvgIpc) is 3.40. The summed E-state index contributed by atoms with van der Waals surface area (Å²) in [5.74, 6) is -1.61. The molecule has 0 aromatic heterocycles. The molecule has 2 bridgehead atoms. The molecular formula is C21H32NO8P. The molecule has 4 aliphatic heterocycles. The zero-order valence-electron chi connectivity index (χ0n) is 18.2. The van der Waals surface area contributed by atoms with E-state index in [-0.39, 0.29) is 50.6 Å². The lowest BCUT2D eigenvalue weighted by Crippen LogP contribution is -2.45. The van der Waals surface area contributed by atoms with Gasteiger partial charge in [0, 0.05) is 13.2 Å². The van der Waals surface area contributed by atoms with Crippen LogP contribution in [-0.4, -0.2) is 73.8 Å². The van der Waals surface area contributed by atoms with Crippen LogP contribution >= 0.6 is 7.60 Å². The SMILES string of the molecule is CCOP(=O)(CCCN1C(=O)C2C3C=CC(COC4CCCCO4)(O3)C2C1=O)OCC. The molecule has 0 radical (unpaired) electrons. The maximum atomic E-state index is 13.2. The van der Waals surface area contributed by atoms with Gasteiger partial charge in [0.15, 0.2) is 6.29 Å². The third-order valence-corrected chi connectivity index (χ3v) is 8.51. The van der Waals surface area contributed by atoms with Gasteiger partial charge in [-0.2, -0.15) is 0 Å². The van der Waals surface area contributed by atoms with Gasteiger partial charge in [0.25, 0.3) is 0 Å². The van der Waals surface area contributed by atoms with Gasteiger partial charge in [-0.25, -0.2) is 0 Å². The van der Waals surface area contributed by atoms with Crippen LogP contribution in [0.1, 0.15) is 39.5 Å². The van der Waals surface area contributed by atoms with Gasteiger partial charge in [-0.15, -0.1) is 0 Å². The number of carbonyl (C=O) groups is 2. The van der Waals surface area contributed by atoms with E-state index in [1.54, 1.807) is 13.8 Å². The highest BCUT2D eigenvalue weighted by Gasteiger charge is 2.67. The van der Waals surface area contributed by atoms with Crippen molar-refractivity contribution in [1.29, 1.82) is 0 Å². The number of imide groups is 1. The Bertz CT molecular complexity index is 756. The van der Waals surface area contributed by atoms with Crippen LogP contribution in [0.5, 0.6) is 0 Å². The summed E-state index contributed by atoms with van der Waals surface area (Å²) in [5, 5.41) is 0. The first-order chi connectivity index (χ1) is 14.9. The third kappa shape index (κ3) is 4.41. The van der Waals surface area contributed by atoms with Crippen molar-refractivity contribution >= 4 is 19.4 Å². The molecule has 2 amide bonds. The van der Waals surface area contributed by atoms with Gasteiger partial charge in [0.2, 0.25) is 11.8 Å². The van der Waals surface area contributed by atoms with Crippen molar-refractivity contribution in [3.63, 3.8) is 0 Å². The molecule has 10 heteroatoms. The first kappa shape index (κ1) is 23.1. The number of nitrogens with zero attached hydrogens (tertiary/aromatic N) is 1. The lowest BCUT2D eigenvalue weighted by molar-refractivity contribution is -0.191. The summed E-state index contributed by atoms with van der Waals surface area (Å²) in [6, 6.07) is 0. The maximum absolute atomic E-state index is 13.2. The summed E-state index contributed by atoms with van der Waals surface area (Å²) in [4.78, 5) is 27.5. The number of fused-ring (bicyclic) bond motifs is 5. The topological polar surface area (TPSA) is 101 Å². The molecule has 5 unspecified atom stereocenters. The van der Waals surface area contributed by atoms with E-state index >= 15 is 0 Å². The van der Waals surface area contributed by atoms with Crippen molar-refractivity contribution in [2.75, 3.05) is 39.1 Å². The summed E-state index contributed by atoms with van der Waals surface area (Å²) >= 11 is 0. The monoisotopic (exact) mass is 457 g/mol. The Morgan fingerprint density at radius 2 is 1.97 bits per heavy atom. The number of amides is 2. The van der Waals surface area contributed by atoms with Crippen molar-refractivity contribution in [1.82, 2.24) is 4.90 Å². The molecule has 174 valence electrons. The van der Waals surface area contributed by atoms with Crippen LogP contribution in [-0.2, 0) is 37.4 Å². The van der Waals surface area contributed by atoms with Crippen molar-refractivity contribution in [2.24, 2.45) is 11.8 Å². The molecule has 0 aliphatic carbocycles. The highest BCUT2D eigenvalue weighted by molar-refractivity contribution is 7.53. The summed E-state index contributed by atoms with van der Waals surface area (Å²) in [6.45, 7) is 5.10.